The van der Waals surface area contributed by atoms with Crippen LogP contribution in [-0.4, -0.2) is 61.2 Å². The molecule has 0 fully saturated rings. The molecule has 14 heavy (non-hydrogen) atoms. The number of nitrogens with zero attached hydrogens (tertiary/aromatic N) is 2. The van der Waals surface area contributed by atoms with E-state index in [4.69, 9.17) is 5.11 Å². The van der Waals surface area contributed by atoms with Crippen molar-refractivity contribution in [2.24, 2.45) is 0 Å². The highest BCUT2D eigenvalue weighted by molar-refractivity contribution is 5.76. The minimum atomic E-state index is 0.00153. The van der Waals surface area contributed by atoms with Gasteiger partial charge >= 0.3 is 0 Å². The second kappa shape index (κ2) is 7.53. The lowest BCUT2D eigenvalue weighted by atomic mass is 10.3. The summed E-state index contributed by atoms with van der Waals surface area (Å²) in [6.07, 6.45) is 2.16. The van der Waals surface area contributed by atoms with Crippen molar-refractivity contribution in [3.8, 4) is 0 Å². The van der Waals surface area contributed by atoms with Gasteiger partial charge < -0.3 is 14.9 Å². The Labute approximate surface area is 85.8 Å². The molecule has 82 valence electrons. The van der Waals surface area contributed by atoms with E-state index in [0.29, 0.717) is 19.5 Å². The van der Waals surface area contributed by atoms with Crippen LogP contribution in [0.15, 0.2) is 12.7 Å². The lowest BCUT2D eigenvalue weighted by Crippen LogP contribution is -2.35. The van der Waals surface area contributed by atoms with Crippen molar-refractivity contribution >= 4 is 5.91 Å². The Morgan fingerprint density at radius 1 is 1.43 bits per heavy atom. The predicted molar refractivity (Wildman–Crippen MR) is 57.0 cm³/mol. The molecule has 0 rings (SSSR count). The maximum atomic E-state index is 11.6. The number of aliphatic hydroxyl groups is 1. The van der Waals surface area contributed by atoms with Crippen molar-refractivity contribution in [2.75, 3.05) is 40.3 Å². The van der Waals surface area contributed by atoms with Gasteiger partial charge in [0, 0.05) is 26.1 Å². The molecule has 0 aliphatic heterocycles. The van der Waals surface area contributed by atoms with Gasteiger partial charge in [-0.2, -0.15) is 0 Å². The van der Waals surface area contributed by atoms with Crippen LogP contribution in [0.5, 0.6) is 0 Å². The third-order valence-electron chi connectivity index (χ3n) is 1.84. The molecule has 1 N–H and O–H groups in total. The zero-order valence-corrected chi connectivity index (χ0v) is 9.07. The summed E-state index contributed by atoms with van der Waals surface area (Å²) in [4.78, 5) is 15.1. The number of hydrogen-bond donors (Lipinski definition) is 1. The Morgan fingerprint density at radius 2 is 2.07 bits per heavy atom. The molecule has 0 aromatic heterocycles. The molecule has 0 aliphatic carbocycles. The van der Waals surface area contributed by atoms with Gasteiger partial charge in [0.2, 0.25) is 5.91 Å². The molecule has 4 nitrogen and oxygen atoms in total. The van der Waals surface area contributed by atoms with Crippen molar-refractivity contribution in [3.05, 3.63) is 12.7 Å². The van der Waals surface area contributed by atoms with E-state index >= 15 is 0 Å². The molecular weight excluding hydrogens is 180 g/mol. The zero-order chi connectivity index (χ0) is 11.0. The van der Waals surface area contributed by atoms with Gasteiger partial charge in [-0.15, -0.1) is 6.58 Å². The fourth-order valence-corrected chi connectivity index (χ4v) is 1.07. The third kappa shape index (κ3) is 5.72. The maximum Gasteiger partial charge on any atom is 0.224 e. The molecule has 0 aromatic rings. The van der Waals surface area contributed by atoms with Crippen molar-refractivity contribution in [1.82, 2.24) is 9.80 Å². The average molecular weight is 200 g/mol. The van der Waals surface area contributed by atoms with Gasteiger partial charge in [0.1, 0.15) is 0 Å². The summed E-state index contributed by atoms with van der Waals surface area (Å²) in [5.41, 5.74) is 0. The van der Waals surface area contributed by atoms with Crippen LogP contribution in [-0.2, 0) is 4.79 Å². The molecule has 0 aromatic carbocycles. The van der Waals surface area contributed by atoms with Gasteiger partial charge in [-0.1, -0.05) is 6.08 Å². The number of hydrogen-bond acceptors (Lipinski definition) is 3. The van der Waals surface area contributed by atoms with Crippen LogP contribution in [0.25, 0.3) is 0 Å². The molecule has 4 heteroatoms. The summed E-state index contributed by atoms with van der Waals surface area (Å²) in [5.74, 6) is 0.0626. The lowest BCUT2D eigenvalue weighted by Gasteiger charge is -2.20. The average Bonchev–Trinajstić information content (AvgIpc) is 2.14. The molecular formula is C10H20N2O2. The quantitative estimate of drug-likeness (QED) is 0.586. The van der Waals surface area contributed by atoms with Crippen LogP contribution in [0.1, 0.15) is 6.42 Å². The van der Waals surface area contributed by atoms with Gasteiger partial charge in [0.05, 0.1) is 6.61 Å². The summed E-state index contributed by atoms with van der Waals surface area (Å²) in [7, 11) is 3.86. The van der Waals surface area contributed by atoms with E-state index in [1.807, 2.05) is 19.0 Å². The first-order valence-electron chi connectivity index (χ1n) is 4.76. The molecule has 0 aliphatic rings. The highest BCUT2D eigenvalue weighted by atomic mass is 16.3. The van der Waals surface area contributed by atoms with E-state index in [1.54, 1.807) is 11.0 Å². The van der Waals surface area contributed by atoms with Crippen LogP contribution in [0.2, 0.25) is 0 Å². The Bertz CT molecular complexity index is 181. The summed E-state index contributed by atoms with van der Waals surface area (Å²) in [5, 5.41) is 8.75. The molecule has 0 bridgehead atoms. The highest BCUT2D eigenvalue weighted by Gasteiger charge is 2.10. The maximum absolute atomic E-state index is 11.6. The fourth-order valence-electron chi connectivity index (χ4n) is 1.07. The Hall–Kier alpha value is -0.870. The second-order valence-corrected chi connectivity index (χ2v) is 3.41. The standard InChI is InChI=1S/C10H20N2O2/c1-4-6-12(8-9-13)10(14)5-7-11(2)3/h4,13H,1,5-9H2,2-3H3. The van der Waals surface area contributed by atoms with Crippen LogP contribution in [0.4, 0.5) is 0 Å². The number of rotatable bonds is 7. The molecule has 0 unspecified atom stereocenters. The van der Waals surface area contributed by atoms with Crippen LogP contribution >= 0.6 is 0 Å². The molecule has 1 amide bonds. The highest BCUT2D eigenvalue weighted by Crippen LogP contribution is 1.95. The monoisotopic (exact) mass is 200 g/mol. The van der Waals surface area contributed by atoms with E-state index in [9.17, 15) is 4.79 Å². The largest absolute Gasteiger partial charge is 0.395 e. The van der Waals surface area contributed by atoms with Crippen molar-refractivity contribution < 1.29 is 9.90 Å². The number of carbonyl (C=O) groups excluding carboxylic acids is 1. The SMILES string of the molecule is C=CCN(CCO)C(=O)CCN(C)C. The minimum Gasteiger partial charge on any atom is -0.395 e. The van der Waals surface area contributed by atoms with E-state index in [-0.39, 0.29) is 12.5 Å². The van der Waals surface area contributed by atoms with Crippen LogP contribution in [0.3, 0.4) is 0 Å². The summed E-state index contributed by atoms with van der Waals surface area (Å²) in [6, 6.07) is 0. The summed E-state index contributed by atoms with van der Waals surface area (Å²) < 4.78 is 0. The molecule has 0 saturated carbocycles. The Balaban J connectivity index is 3.94. The molecule has 0 saturated heterocycles. The smallest absolute Gasteiger partial charge is 0.224 e. The Morgan fingerprint density at radius 3 is 2.50 bits per heavy atom. The topological polar surface area (TPSA) is 43.8 Å². The fraction of sp³-hybridized carbons (Fsp3) is 0.700. The number of amides is 1. The van der Waals surface area contributed by atoms with Crippen LogP contribution in [0, 0.1) is 0 Å². The van der Waals surface area contributed by atoms with Gasteiger partial charge in [0.25, 0.3) is 0 Å². The molecule has 0 atom stereocenters. The van der Waals surface area contributed by atoms with Crippen molar-refractivity contribution in [3.63, 3.8) is 0 Å². The number of carbonyl (C=O) groups is 1. The van der Waals surface area contributed by atoms with Gasteiger partial charge in [0.15, 0.2) is 0 Å². The first-order chi connectivity index (χ1) is 6.61. The Kier molecular flexibility index (Phi) is 7.06. The van der Waals surface area contributed by atoms with Crippen LogP contribution < -0.4 is 0 Å². The minimum absolute atomic E-state index is 0.00153. The van der Waals surface area contributed by atoms with E-state index in [1.165, 1.54) is 0 Å². The normalized spacial score (nSPS) is 10.3. The first-order valence-corrected chi connectivity index (χ1v) is 4.76. The lowest BCUT2D eigenvalue weighted by molar-refractivity contribution is -0.131. The summed E-state index contributed by atoms with van der Waals surface area (Å²) in [6.45, 7) is 5.20. The predicted octanol–water partition coefficient (Wildman–Crippen LogP) is -0.0550. The van der Waals surface area contributed by atoms with E-state index in [2.05, 4.69) is 6.58 Å². The first kappa shape index (κ1) is 13.1. The molecule has 0 radical (unpaired) electrons. The van der Waals surface area contributed by atoms with Gasteiger partial charge in [-0.3, -0.25) is 4.79 Å². The van der Waals surface area contributed by atoms with Crippen molar-refractivity contribution in [1.29, 1.82) is 0 Å². The zero-order valence-electron chi connectivity index (χ0n) is 9.07. The third-order valence-corrected chi connectivity index (χ3v) is 1.84. The second-order valence-electron chi connectivity index (χ2n) is 3.41. The summed E-state index contributed by atoms with van der Waals surface area (Å²) >= 11 is 0. The number of aliphatic hydroxyl groups excluding tert-OH is 1. The van der Waals surface area contributed by atoms with E-state index < -0.39 is 0 Å². The van der Waals surface area contributed by atoms with Crippen molar-refractivity contribution in [2.45, 2.75) is 6.42 Å². The molecule has 0 spiro atoms. The van der Waals surface area contributed by atoms with Gasteiger partial charge in [-0.25, -0.2) is 0 Å². The molecule has 0 heterocycles. The van der Waals surface area contributed by atoms with Gasteiger partial charge in [-0.05, 0) is 14.1 Å². The van der Waals surface area contributed by atoms with E-state index in [0.717, 1.165) is 6.54 Å².